The van der Waals surface area contributed by atoms with Crippen molar-refractivity contribution >= 4 is 56.3 Å². The smallest absolute Gasteiger partial charge is 0.0931 e. The summed E-state index contributed by atoms with van der Waals surface area (Å²) >= 11 is 14.1. The Labute approximate surface area is 136 Å². The van der Waals surface area contributed by atoms with E-state index in [1.807, 2.05) is 18.2 Å². The Morgan fingerprint density at radius 2 is 1.71 bits per heavy atom. The standard InChI is InChI=1S/C17H11Cl2NS/c18-16-8-7-15(21-16)17(19)10-5-6-14-12(9-10)11-3-1-2-4-13(11)20-14/h1-9,17,20H. The van der Waals surface area contributed by atoms with Crippen LogP contribution in [0.3, 0.4) is 0 Å². The predicted molar refractivity (Wildman–Crippen MR) is 92.8 cm³/mol. The Morgan fingerprint density at radius 3 is 2.52 bits per heavy atom. The summed E-state index contributed by atoms with van der Waals surface area (Å²) in [6.07, 6.45) is 0. The zero-order chi connectivity index (χ0) is 14.4. The molecular formula is C17H11Cl2NS. The number of nitrogens with one attached hydrogen (secondary N) is 1. The van der Waals surface area contributed by atoms with Crippen molar-refractivity contribution in [2.24, 2.45) is 0 Å². The van der Waals surface area contributed by atoms with E-state index in [1.165, 1.54) is 22.1 Å². The molecule has 1 N–H and O–H groups in total. The van der Waals surface area contributed by atoms with Crippen molar-refractivity contribution < 1.29 is 0 Å². The monoisotopic (exact) mass is 331 g/mol. The van der Waals surface area contributed by atoms with Crippen LogP contribution < -0.4 is 0 Å². The average molecular weight is 332 g/mol. The van der Waals surface area contributed by atoms with Gasteiger partial charge < -0.3 is 4.98 Å². The van der Waals surface area contributed by atoms with Crippen LogP contribution in [0.2, 0.25) is 4.34 Å². The number of H-pyrrole nitrogens is 1. The van der Waals surface area contributed by atoms with Gasteiger partial charge >= 0.3 is 0 Å². The number of aromatic nitrogens is 1. The fraction of sp³-hybridized carbons (Fsp3) is 0.0588. The summed E-state index contributed by atoms with van der Waals surface area (Å²) in [5, 5.41) is 2.26. The van der Waals surface area contributed by atoms with Crippen LogP contribution in [0.5, 0.6) is 0 Å². The second-order valence-electron chi connectivity index (χ2n) is 4.98. The normalized spacial score (nSPS) is 13.0. The molecule has 2 aromatic heterocycles. The molecule has 0 saturated carbocycles. The maximum atomic E-state index is 6.61. The van der Waals surface area contributed by atoms with Gasteiger partial charge in [-0.3, -0.25) is 0 Å². The van der Waals surface area contributed by atoms with E-state index >= 15 is 0 Å². The third-order valence-electron chi connectivity index (χ3n) is 3.67. The van der Waals surface area contributed by atoms with Gasteiger partial charge in [0, 0.05) is 26.7 Å². The predicted octanol–water partition coefficient (Wildman–Crippen LogP) is 6.36. The van der Waals surface area contributed by atoms with Crippen molar-refractivity contribution in [3.8, 4) is 0 Å². The minimum absolute atomic E-state index is 0.166. The number of alkyl halides is 1. The van der Waals surface area contributed by atoms with Gasteiger partial charge in [0.15, 0.2) is 0 Å². The highest BCUT2D eigenvalue weighted by molar-refractivity contribution is 7.16. The lowest BCUT2D eigenvalue weighted by Gasteiger charge is -2.07. The van der Waals surface area contributed by atoms with Crippen molar-refractivity contribution in [2.75, 3.05) is 0 Å². The second kappa shape index (κ2) is 5.06. The number of halogens is 2. The van der Waals surface area contributed by atoms with E-state index in [4.69, 9.17) is 23.2 Å². The number of para-hydroxylation sites is 1. The van der Waals surface area contributed by atoms with Crippen molar-refractivity contribution in [3.63, 3.8) is 0 Å². The van der Waals surface area contributed by atoms with Crippen LogP contribution in [0.15, 0.2) is 54.6 Å². The number of aromatic amines is 1. The summed E-state index contributed by atoms with van der Waals surface area (Å²) in [5.41, 5.74) is 3.37. The molecule has 2 aromatic carbocycles. The Balaban J connectivity index is 1.88. The molecular weight excluding hydrogens is 321 g/mol. The SMILES string of the molecule is Clc1ccc(C(Cl)c2ccc3[nH]c4ccccc4c3c2)s1. The zero-order valence-electron chi connectivity index (χ0n) is 10.9. The number of hydrogen-bond acceptors (Lipinski definition) is 1. The third-order valence-corrected chi connectivity index (χ3v) is 5.58. The van der Waals surface area contributed by atoms with Gasteiger partial charge in [-0.2, -0.15) is 0 Å². The average Bonchev–Trinajstić information content (AvgIpc) is 3.09. The maximum Gasteiger partial charge on any atom is 0.0931 e. The Morgan fingerprint density at radius 1 is 0.905 bits per heavy atom. The van der Waals surface area contributed by atoms with E-state index in [2.05, 4.69) is 41.4 Å². The number of fused-ring (bicyclic) bond motifs is 3. The van der Waals surface area contributed by atoms with Gasteiger partial charge in [-0.15, -0.1) is 22.9 Å². The summed E-state index contributed by atoms with van der Waals surface area (Å²) in [5.74, 6) is 0. The largest absolute Gasteiger partial charge is 0.355 e. The van der Waals surface area contributed by atoms with Crippen molar-refractivity contribution in [2.45, 2.75) is 5.38 Å². The van der Waals surface area contributed by atoms with Gasteiger partial charge in [-0.1, -0.05) is 35.9 Å². The zero-order valence-corrected chi connectivity index (χ0v) is 13.3. The molecule has 4 aromatic rings. The molecule has 1 atom stereocenters. The first-order valence-electron chi connectivity index (χ1n) is 6.62. The summed E-state index contributed by atoms with van der Waals surface area (Å²) < 4.78 is 0.767. The molecule has 0 saturated heterocycles. The maximum absolute atomic E-state index is 6.61. The molecule has 0 aliphatic carbocycles. The first kappa shape index (κ1) is 13.2. The molecule has 0 fully saturated rings. The first-order valence-corrected chi connectivity index (χ1v) is 8.25. The van der Waals surface area contributed by atoms with Crippen LogP contribution >= 0.6 is 34.5 Å². The number of benzene rings is 2. The fourth-order valence-electron chi connectivity index (χ4n) is 2.65. The Bertz CT molecular complexity index is 938. The lowest BCUT2D eigenvalue weighted by Crippen LogP contribution is -1.89. The summed E-state index contributed by atoms with van der Waals surface area (Å²) in [4.78, 5) is 4.50. The highest BCUT2D eigenvalue weighted by atomic mass is 35.5. The quantitative estimate of drug-likeness (QED) is 0.411. The molecule has 21 heavy (non-hydrogen) atoms. The topological polar surface area (TPSA) is 15.8 Å². The Kier molecular flexibility index (Phi) is 3.18. The lowest BCUT2D eigenvalue weighted by molar-refractivity contribution is 1.19. The molecule has 0 aliphatic heterocycles. The highest BCUT2D eigenvalue weighted by Gasteiger charge is 2.14. The van der Waals surface area contributed by atoms with Crippen LogP contribution in [0.1, 0.15) is 15.8 Å². The van der Waals surface area contributed by atoms with Crippen LogP contribution in [-0.2, 0) is 0 Å². The van der Waals surface area contributed by atoms with Gasteiger partial charge in [0.1, 0.15) is 0 Å². The molecule has 4 heteroatoms. The molecule has 0 bridgehead atoms. The van der Waals surface area contributed by atoms with Crippen LogP contribution in [0.25, 0.3) is 21.8 Å². The second-order valence-corrected chi connectivity index (χ2v) is 7.16. The molecule has 0 radical (unpaired) electrons. The van der Waals surface area contributed by atoms with Crippen LogP contribution in [0.4, 0.5) is 0 Å². The van der Waals surface area contributed by atoms with Crippen molar-refractivity contribution in [1.82, 2.24) is 4.98 Å². The summed E-state index contributed by atoms with van der Waals surface area (Å²) in [6, 6.07) is 18.5. The van der Waals surface area contributed by atoms with Gasteiger partial charge in [0.2, 0.25) is 0 Å². The van der Waals surface area contributed by atoms with Gasteiger partial charge in [0.05, 0.1) is 9.71 Å². The molecule has 1 nitrogen and oxygen atoms in total. The van der Waals surface area contributed by atoms with E-state index in [0.29, 0.717) is 0 Å². The summed E-state index contributed by atoms with van der Waals surface area (Å²) in [7, 11) is 0. The molecule has 0 aliphatic rings. The summed E-state index contributed by atoms with van der Waals surface area (Å²) in [6.45, 7) is 0. The van der Waals surface area contributed by atoms with Gasteiger partial charge in [0.25, 0.3) is 0 Å². The van der Waals surface area contributed by atoms with E-state index < -0.39 is 0 Å². The minimum Gasteiger partial charge on any atom is -0.355 e. The van der Waals surface area contributed by atoms with Crippen molar-refractivity contribution in [1.29, 1.82) is 0 Å². The molecule has 1 unspecified atom stereocenters. The van der Waals surface area contributed by atoms with Gasteiger partial charge in [-0.05, 0) is 35.9 Å². The van der Waals surface area contributed by atoms with E-state index in [0.717, 1.165) is 25.8 Å². The highest BCUT2D eigenvalue weighted by Crippen LogP contribution is 2.37. The number of hydrogen-bond donors (Lipinski definition) is 1. The van der Waals surface area contributed by atoms with E-state index in [1.54, 1.807) is 0 Å². The first-order chi connectivity index (χ1) is 10.2. The van der Waals surface area contributed by atoms with Gasteiger partial charge in [-0.25, -0.2) is 0 Å². The fourth-order valence-corrected chi connectivity index (χ4v) is 4.06. The number of thiophene rings is 1. The molecule has 0 amide bonds. The van der Waals surface area contributed by atoms with Crippen LogP contribution in [0, 0.1) is 0 Å². The molecule has 0 spiro atoms. The lowest BCUT2D eigenvalue weighted by atomic mass is 10.1. The number of rotatable bonds is 2. The van der Waals surface area contributed by atoms with Crippen molar-refractivity contribution in [3.05, 3.63) is 69.4 Å². The van der Waals surface area contributed by atoms with E-state index in [9.17, 15) is 0 Å². The molecule has 4 rings (SSSR count). The van der Waals surface area contributed by atoms with Crippen LogP contribution in [-0.4, -0.2) is 4.98 Å². The third kappa shape index (κ3) is 2.24. The van der Waals surface area contributed by atoms with E-state index in [-0.39, 0.29) is 5.38 Å². The molecule has 104 valence electrons. The Hall–Kier alpha value is -1.48. The molecule has 2 heterocycles. The minimum atomic E-state index is -0.166.